The quantitative estimate of drug-likeness (QED) is 0.699. The van der Waals surface area contributed by atoms with Crippen LogP contribution in [-0.4, -0.2) is 47.4 Å². The molecule has 0 bridgehead atoms. The number of sulfonamides is 1. The van der Waals surface area contributed by atoms with Crippen molar-refractivity contribution in [1.29, 1.82) is 0 Å². The number of rotatable bonds is 6. The molecule has 2 aromatic carbocycles. The third-order valence-corrected chi connectivity index (χ3v) is 6.42. The molecule has 31 heavy (non-hydrogen) atoms. The number of nitrogens with zero attached hydrogens (tertiary/aromatic N) is 1. The summed E-state index contributed by atoms with van der Waals surface area (Å²) in [4.78, 5) is 13.0. The zero-order valence-corrected chi connectivity index (χ0v) is 19.3. The minimum absolute atomic E-state index is 0.0844. The first kappa shape index (κ1) is 23.0. The average Bonchev–Trinajstić information content (AvgIpc) is 2.92. The maximum Gasteiger partial charge on any atom is 0.261 e. The number of nitrogens with one attached hydrogen (secondary N) is 1. The Balaban J connectivity index is 1.84. The summed E-state index contributed by atoms with van der Waals surface area (Å²) in [7, 11) is -0.466. The van der Waals surface area contributed by atoms with E-state index in [4.69, 9.17) is 25.8 Å². The molecule has 1 aliphatic heterocycles. The molecule has 168 valence electrons. The Hall–Kier alpha value is -2.65. The van der Waals surface area contributed by atoms with Gasteiger partial charge in [0, 0.05) is 23.6 Å². The lowest BCUT2D eigenvalue weighted by atomic mass is 10.1. The van der Waals surface area contributed by atoms with E-state index in [0.29, 0.717) is 22.2 Å². The highest BCUT2D eigenvalue weighted by molar-refractivity contribution is 7.92. The van der Waals surface area contributed by atoms with Gasteiger partial charge in [-0.25, -0.2) is 8.42 Å². The van der Waals surface area contributed by atoms with E-state index in [0.717, 1.165) is 11.8 Å². The monoisotopic (exact) mass is 468 g/mol. The highest BCUT2D eigenvalue weighted by Gasteiger charge is 2.32. The smallest absolute Gasteiger partial charge is 0.261 e. The van der Waals surface area contributed by atoms with Crippen molar-refractivity contribution in [3.05, 3.63) is 47.0 Å². The van der Waals surface area contributed by atoms with E-state index in [1.165, 1.54) is 10.4 Å². The zero-order chi connectivity index (χ0) is 22.8. The lowest BCUT2D eigenvalue weighted by molar-refractivity contribution is -0.128. The van der Waals surface area contributed by atoms with Crippen LogP contribution in [0.2, 0.25) is 5.02 Å². The molecule has 0 fully saturated rings. The van der Waals surface area contributed by atoms with Crippen LogP contribution in [0.4, 0.5) is 5.69 Å². The predicted molar refractivity (Wildman–Crippen MR) is 119 cm³/mol. The Morgan fingerprint density at radius 1 is 1.23 bits per heavy atom. The van der Waals surface area contributed by atoms with E-state index in [1.807, 2.05) is 6.92 Å². The van der Waals surface area contributed by atoms with E-state index < -0.39 is 22.2 Å². The molecule has 2 atom stereocenters. The molecule has 1 heterocycles. The highest BCUT2D eigenvalue weighted by Crippen LogP contribution is 2.36. The van der Waals surface area contributed by atoms with E-state index >= 15 is 0 Å². The van der Waals surface area contributed by atoms with Crippen molar-refractivity contribution in [2.45, 2.75) is 25.5 Å². The number of amides is 1. The molecule has 0 saturated heterocycles. The summed E-state index contributed by atoms with van der Waals surface area (Å²) in [6.07, 6.45) is 0.397. The van der Waals surface area contributed by atoms with Crippen LogP contribution in [0.5, 0.6) is 17.2 Å². The molecule has 0 aliphatic carbocycles. The predicted octanol–water partition coefficient (Wildman–Crippen LogP) is 3.15. The number of carbonyl (C=O) groups excluding carboxylic acids is 1. The lowest BCUT2D eigenvalue weighted by Crippen LogP contribution is -2.40. The van der Waals surface area contributed by atoms with Crippen molar-refractivity contribution in [2.24, 2.45) is 0 Å². The number of halogens is 1. The van der Waals surface area contributed by atoms with Gasteiger partial charge in [0.15, 0.2) is 6.10 Å². The van der Waals surface area contributed by atoms with Crippen molar-refractivity contribution in [2.75, 3.05) is 31.3 Å². The number of hydrogen-bond acceptors (Lipinski definition) is 6. The number of benzene rings is 2. The molecule has 1 N–H and O–H groups in total. The van der Waals surface area contributed by atoms with Crippen LogP contribution in [0, 0.1) is 0 Å². The molecular formula is C21H25ClN2O6S. The lowest BCUT2D eigenvalue weighted by Gasteiger charge is -2.22. The molecular weight excluding hydrogens is 444 g/mol. The highest BCUT2D eigenvalue weighted by atomic mass is 35.5. The summed E-state index contributed by atoms with van der Waals surface area (Å²) in [6.45, 7) is 1.91. The Bertz CT molecular complexity index is 1080. The number of fused-ring (bicyclic) bond motifs is 1. The SMILES string of the molecule is COc1ccc(OC)c([C@@H](C)NC(=O)[C@@H]2CCN(S(C)(=O)=O)c3cc(Cl)ccc3O2)c1. The van der Waals surface area contributed by atoms with Crippen molar-refractivity contribution in [1.82, 2.24) is 5.32 Å². The average molecular weight is 469 g/mol. The number of anilines is 1. The standard InChI is InChI=1S/C21H25ClN2O6S/c1-13(16-12-15(28-2)6-8-18(16)29-3)23-21(25)20-9-10-24(31(4,26)27)17-11-14(22)5-7-19(17)30-20/h5-8,11-13,20H,9-10H2,1-4H3,(H,23,25)/t13-,20+/m1/s1. The second-order valence-corrected chi connectivity index (χ2v) is 9.52. The molecule has 3 rings (SSSR count). The van der Waals surface area contributed by atoms with Crippen molar-refractivity contribution >= 4 is 33.2 Å². The van der Waals surface area contributed by atoms with Gasteiger partial charge in [-0.05, 0) is 43.3 Å². The molecule has 0 radical (unpaired) electrons. The van der Waals surface area contributed by atoms with Crippen molar-refractivity contribution in [3.8, 4) is 17.2 Å². The molecule has 0 unspecified atom stereocenters. The normalized spacial score (nSPS) is 17.1. The number of methoxy groups -OCH3 is 2. The molecule has 1 aliphatic rings. The fraction of sp³-hybridized carbons (Fsp3) is 0.381. The number of ether oxygens (including phenoxy) is 3. The molecule has 1 amide bonds. The van der Waals surface area contributed by atoms with Gasteiger partial charge in [-0.3, -0.25) is 9.10 Å². The minimum Gasteiger partial charge on any atom is -0.497 e. The first-order valence-corrected chi connectivity index (χ1v) is 11.8. The molecule has 0 saturated carbocycles. The maximum atomic E-state index is 13.0. The van der Waals surface area contributed by atoms with Gasteiger partial charge < -0.3 is 19.5 Å². The van der Waals surface area contributed by atoms with Crippen molar-refractivity contribution in [3.63, 3.8) is 0 Å². The Kier molecular flexibility index (Phi) is 6.86. The summed E-state index contributed by atoms with van der Waals surface area (Å²) >= 11 is 6.06. The summed E-state index contributed by atoms with van der Waals surface area (Å²) in [5.74, 6) is 1.16. The topological polar surface area (TPSA) is 94.2 Å². The van der Waals surface area contributed by atoms with Crippen LogP contribution in [-0.2, 0) is 14.8 Å². The van der Waals surface area contributed by atoms with Crippen molar-refractivity contribution < 1.29 is 27.4 Å². The second-order valence-electron chi connectivity index (χ2n) is 7.18. The molecule has 2 aromatic rings. The van der Waals surface area contributed by atoms with Crippen LogP contribution in [0.1, 0.15) is 24.9 Å². The third kappa shape index (κ3) is 5.16. The molecule has 0 spiro atoms. The van der Waals surface area contributed by atoms with E-state index in [-0.39, 0.29) is 24.6 Å². The van der Waals surface area contributed by atoms with Crippen LogP contribution in [0.15, 0.2) is 36.4 Å². The zero-order valence-electron chi connectivity index (χ0n) is 17.7. The fourth-order valence-electron chi connectivity index (χ4n) is 3.44. The summed E-state index contributed by atoms with van der Waals surface area (Å²) < 4.78 is 42.3. The minimum atomic E-state index is -3.58. The van der Waals surface area contributed by atoms with E-state index in [9.17, 15) is 13.2 Å². The molecule has 0 aromatic heterocycles. The number of hydrogen-bond donors (Lipinski definition) is 1. The van der Waals surface area contributed by atoms with Crippen LogP contribution in [0.25, 0.3) is 0 Å². The van der Waals surface area contributed by atoms with Crippen LogP contribution >= 0.6 is 11.6 Å². The molecule has 8 nitrogen and oxygen atoms in total. The first-order chi connectivity index (χ1) is 14.6. The maximum absolute atomic E-state index is 13.0. The van der Waals surface area contributed by atoms with Crippen LogP contribution < -0.4 is 23.8 Å². The van der Waals surface area contributed by atoms with Gasteiger partial charge in [0.1, 0.15) is 17.2 Å². The summed E-state index contributed by atoms with van der Waals surface area (Å²) in [5.41, 5.74) is 1.06. The van der Waals surface area contributed by atoms with Crippen LogP contribution in [0.3, 0.4) is 0 Å². The summed E-state index contributed by atoms with van der Waals surface area (Å²) in [6, 6.07) is 9.60. The van der Waals surface area contributed by atoms with Gasteiger partial charge in [-0.2, -0.15) is 0 Å². The Labute approximate surface area is 187 Å². The second kappa shape index (κ2) is 9.23. The van der Waals surface area contributed by atoms with Gasteiger partial charge in [0.05, 0.1) is 32.2 Å². The van der Waals surface area contributed by atoms with Gasteiger partial charge >= 0.3 is 0 Å². The van der Waals surface area contributed by atoms with E-state index in [1.54, 1.807) is 44.6 Å². The van der Waals surface area contributed by atoms with E-state index in [2.05, 4.69) is 5.32 Å². The fourth-order valence-corrected chi connectivity index (χ4v) is 4.55. The summed E-state index contributed by atoms with van der Waals surface area (Å²) in [5, 5.41) is 3.29. The van der Waals surface area contributed by atoms with Gasteiger partial charge in [-0.15, -0.1) is 0 Å². The Morgan fingerprint density at radius 2 is 1.97 bits per heavy atom. The first-order valence-electron chi connectivity index (χ1n) is 9.60. The van der Waals surface area contributed by atoms with Gasteiger partial charge in [0.25, 0.3) is 5.91 Å². The Morgan fingerprint density at radius 3 is 2.61 bits per heavy atom. The number of carbonyl (C=O) groups is 1. The molecule has 10 heteroatoms. The van der Waals surface area contributed by atoms with Gasteiger partial charge in [-0.1, -0.05) is 11.6 Å². The largest absolute Gasteiger partial charge is 0.497 e. The third-order valence-electron chi connectivity index (χ3n) is 5.01. The van der Waals surface area contributed by atoms with Gasteiger partial charge in [0.2, 0.25) is 10.0 Å².